The molecule has 0 radical (unpaired) electrons. The average Bonchev–Trinajstić information content (AvgIpc) is 3.27. The SMILES string of the molecule is CCCC(=O)O[C@@H]1[C@@H](OC(C)=O)O[C@H]2O[C@H]3OC(=O)/C(=C/C=C4/CCCC(C)(C)C4)[C@H]3[C@H]21. The molecule has 0 N–H and O–H groups in total. The molecule has 1 saturated carbocycles. The lowest BCUT2D eigenvalue weighted by Crippen LogP contribution is -2.38. The van der Waals surface area contributed by atoms with Crippen LogP contribution >= 0.6 is 0 Å². The molecule has 0 amide bonds. The summed E-state index contributed by atoms with van der Waals surface area (Å²) in [7, 11) is 0. The van der Waals surface area contributed by atoms with Crippen molar-refractivity contribution < 1.29 is 38.1 Å². The van der Waals surface area contributed by atoms with Crippen LogP contribution in [0.4, 0.5) is 0 Å². The van der Waals surface area contributed by atoms with Crippen LogP contribution in [-0.4, -0.2) is 42.9 Å². The third kappa shape index (κ3) is 4.62. The molecule has 0 unspecified atom stereocenters. The smallest absolute Gasteiger partial charge is 0.336 e. The van der Waals surface area contributed by atoms with E-state index in [1.807, 2.05) is 19.1 Å². The van der Waals surface area contributed by atoms with E-state index < -0.39 is 54.7 Å². The average molecular weight is 449 g/mol. The molecule has 4 rings (SSSR count). The fraction of sp³-hybridized carbons (Fsp3) is 0.708. The first-order valence-electron chi connectivity index (χ1n) is 11.5. The maximum Gasteiger partial charge on any atom is 0.336 e. The third-order valence-electron chi connectivity index (χ3n) is 6.58. The predicted molar refractivity (Wildman–Crippen MR) is 112 cm³/mol. The first kappa shape index (κ1) is 23.0. The van der Waals surface area contributed by atoms with Crippen molar-refractivity contribution >= 4 is 17.9 Å². The topological polar surface area (TPSA) is 97.4 Å². The molecule has 4 fully saturated rings. The molecule has 8 nitrogen and oxygen atoms in total. The van der Waals surface area contributed by atoms with Gasteiger partial charge in [0.05, 0.1) is 11.8 Å². The van der Waals surface area contributed by atoms with Crippen molar-refractivity contribution in [2.45, 2.75) is 91.2 Å². The number of fused-ring (bicyclic) bond motifs is 3. The molecular weight excluding hydrogens is 416 g/mol. The Morgan fingerprint density at radius 3 is 2.62 bits per heavy atom. The Morgan fingerprint density at radius 2 is 1.94 bits per heavy atom. The van der Waals surface area contributed by atoms with Crippen LogP contribution < -0.4 is 0 Å². The zero-order valence-corrected chi connectivity index (χ0v) is 19.1. The van der Waals surface area contributed by atoms with Gasteiger partial charge in [0, 0.05) is 18.9 Å². The quantitative estimate of drug-likeness (QED) is 0.358. The van der Waals surface area contributed by atoms with Crippen molar-refractivity contribution in [1.82, 2.24) is 0 Å². The molecule has 0 spiro atoms. The van der Waals surface area contributed by atoms with Gasteiger partial charge in [0.15, 0.2) is 12.4 Å². The first-order chi connectivity index (χ1) is 15.2. The van der Waals surface area contributed by atoms with Gasteiger partial charge in [0.2, 0.25) is 12.6 Å². The van der Waals surface area contributed by atoms with Crippen LogP contribution in [0.25, 0.3) is 0 Å². The van der Waals surface area contributed by atoms with Crippen molar-refractivity contribution in [3.8, 4) is 0 Å². The molecule has 0 bridgehead atoms. The maximum atomic E-state index is 12.6. The minimum absolute atomic E-state index is 0.232. The summed E-state index contributed by atoms with van der Waals surface area (Å²) in [5.41, 5.74) is 2.02. The maximum absolute atomic E-state index is 12.6. The number of hydrogen-bond donors (Lipinski definition) is 0. The van der Waals surface area contributed by atoms with Crippen LogP contribution in [0.2, 0.25) is 0 Å². The number of allylic oxidation sites excluding steroid dienone is 3. The lowest BCUT2D eigenvalue weighted by atomic mass is 9.75. The predicted octanol–water partition coefficient (Wildman–Crippen LogP) is 3.54. The van der Waals surface area contributed by atoms with E-state index in [0.29, 0.717) is 12.0 Å². The summed E-state index contributed by atoms with van der Waals surface area (Å²) in [6.07, 6.45) is 5.42. The highest BCUT2D eigenvalue weighted by atomic mass is 16.8. The molecule has 3 saturated heterocycles. The second kappa shape index (κ2) is 8.98. The van der Waals surface area contributed by atoms with Crippen LogP contribution in [0.5, 0.6) is 0 Å². The van der Waals surface area contributed by atoms with E-state index in [-0.39, 0.29) is 11.8 Å². The lowest BCUT2D eigenvalue weighted by molar-refractivity contribution is -0.244. The molecule has 4 aliphatic rings. The van der Waals surface area contributed by atoms with Gasteiger partial charge in [-0.05, 0) is 37.5 Å². The largest absolute Gasteiger partial charge is 0.455 e. The zero-order chi connectivity index (χ0) is 23.0. The van der Waals surface area contributed by atoms with Crippen LogP contribution in [0.3, 0.4) is 0 Å². The Bertz CT molecular complexity index is 841. The molecule has 0 aromatic rings. The van der Waals surface area contributed by atoms with Crippen molar-refractivity contribution in [3.05, 3.63) is 23.3 Å². The number of esters is 3. The van der Waals surface area contributed by atoms with Gasteiger partial charge in [0.1, 0.15) is 0 Å². The number of carbonyl (C=O) groups excluding carboxylic acids is 3. The molecular formula is C24H32O8. The molecule has 0 aromatic heterocycles. The number of carbonyl (C=O) groups is 3. The van der Waals surface area contributed by atoms with Crippen LogP contribution in [-0.2, 0) is 38.1 Å². The van der Waals surface area contributed by atoms with E-state index in [1.165, 1.54) is 18.9 Å². The Kier molecular flexibility index (Phi) is 6.45. The Hall–Kier alpha value is -2.19. The summed E-state index contributed by atoms with van der Waals surface area (Å²) in [5, 5.41) is 0. The van der Waals surface area contributed by atoms with E-state index >= 15 is 0 Å². The van der Waals surface area contributed by atoms with Gasteiger partial charge in [-0.25, -0.2) is 4.79 Å². The van der Waals surface area contributed by atoms with Gasteiger partial charge < -0.3 is 23.7 Å². The fourth-order valence-corrected chi connectivity index (χ4v) is 5.22. The minimum atomic E-state index is -1.08. The van der Waals surface area contributed by atoms with Gasteiger partial charge in [0.25, 0.3) is 0 Å². The van der Waals surface area contributed by atoms with Crippen molar-refractivity contribution in [2.24, 2.45) is 17.3 Å². The highest BCUT2D eigenvalue weighted by Crippen LogP contribution is 2.51. The molecule has 8 heteroatoms. The summed E-state index contributed by atoms with van der Waals surface area (Å²) < 4.78 is 27.9. The van der Waals surface area contributed by atoms with Crippen molar-refractivity contribution in [3.63, 3.8) is 0 Å². The summed E-state index contributed by atoms with van der Waals surface area (Å²) in [5.74, 6) is -2.39. The van der Waals surface area contributed by atoms with E-state index in [2.05, 4.69) is 13.8 Å². The highest BCUT2D eigenvalue weighted by molar-refractivity contribution is 5.92. The summed E-state index contributed by atoms with van der Waals surface area (Å²) >= 11 is 0. The molecule has 3 heterocycles. The normalized spacial score (nSPS) is 37.8. The Labute approximate surface area is 188 Å². The fourth-order valence-electron chi connectivity index (χ4n) is 5.22. The standard InChI is InChI=1S/C24H32O8/c1-5-7-16(26)29-19-18-17-15(10-9-14-8-6-11-24(3,4)12-14)20(27)30-21(17)31-22(18)32-23(19)28-13(2)25/h9-10,17-19,21-23H,5-8,11-12H2,1-4H3/b14-9-,15-10+/t17-,18-,19-,21+,22+,23-/m0/s1. The second-order valence-corrected chi connectivity index (χ2v) is 9.84. The summed E-state index contributed by atoms with van der Waals surface area (Å²) in [6.45, 7) is 7.64. The van der Waals surface area contributed by atoms with Gasteiger partial charge in [-0.2, -0.15) is 0 Å². The minimum Gasteiger partial charge on any atom is -0.455 e. The van der Waals surface area contributed by atoms with E-state index in [1.54, 1.807) is 0 Å². The van der Waals surface area contributed by atoms with Crippen LogP contribution in [0.1, 0.15) is 66.2 Å². The zero-order valence-electron chi connectivity index (χ0n) is 19.1. The van der Waals surface area contributed by atoms with Crippen LogP contribution in [0, 0.1) is 17.3 Å². The highest BCUT2D eigenvalue weighted by Gasteiger charge is 2.64. The van der Waals surface area contributed by atoms with Crippen molar-refractivity contribution in [2.75, 3.05) is 0 Å². The molecule has 6 atom stereocenters. The molecule has 1 aliphatic carbocycles. The number of rotatable bonds is 5. The Balaban J connectivity index is 1.60. The molecule has 3 aliphatic heterocycles. The molecule has 0 aromatic carbocycles. The second-order valence-electron chi connectivity index (χ2n) is 9.84. The number of ether oxygens (including phenoxy) is 5. The van der Waals surface area contributed by atoms with E-state index in [0.717, 1.165) is 19.3 Å². The van der Waals surface area contributed by atoms with Crippen LogP contribution in [0.15, 0.2) is 23.3 Å². The molecule has 32 heavy (non-hydrogen) atoms. The molecule has 176 valence electrons. The van der Waals surface area contributed by atoms with Crippen molar-refractivity contribution in [1.29, 1.82) is 0 Å². The lowest BCUT2D eigenvalue weighted by Gasteiger charge is -2.31. The third-order valence-corrected chi connectivity index (χ3v) is 6.58. The summed E-state index contributed by atoms with van der Waals surface area (Å²) in [4.78, 5) is 36.5. The van der Waals surface area contributed by atoms with Gasteiger partial charge >= 0.3 is 17.9 Å². The Morgan fingerprint density at radius 1 is 1.16 bits per heavy atom. The first-order valence-corrected chi connectivity index (χ1v) is 11.5. The summed E-state index contributed by atoms with van der Waals surface area (Å²) in [6, 6.07) is 0. The monoisotopic (exact) mass is 448 g/mol. The van der Waals surface area contributed by atoms with Gasteiger partial charge in [-0.3, -0.25) is 9.59 Å². The van der Waals surface area contributed by atoms with E-state index in [9.17, 15) is 14.4 Å². The number of hydrogen-bond acceptors (Lipinski definition) is 8. The van der Waals surface area contributed by atoms with Gasteiger partial charge in [-0.1, -0.05) is 38.5 Å². The van der Waals surface area contributed by atoms with Gasteiger partial charge in [-0.15, -0.1) is 0 Å². The van der Waals surface area contributed by atoms with E-state index in [4.69, 9.17) is 23.7 Å².